The SMILES string of the molecule is OCCCCc1ccc(OC(F)(F)F)cc1. The maximum Gasteiger partial charge on any atom is 0.573 e. The first-order valence-corrected chi connectivity index (χ1v) is 4.97. The molecule has 0 saturated heterocycles. The van der Waals surface area contributed by atoms with Crippen LogP contribution in [-0.4, -0.2) is 18.1 Å². The van der Waals surface area contributed by atoms with Crippen LogP contribution >= 0.6 is 0 Å². The Morgan fingerprint density at radius 2 is 1.69 bits per heavy atom. The molecule has 0 bridgehead atoms. The molecule has 0 radical (unpaired) electrons. The number of aliphatic hydroxyl groups excluding tert-OH is 1. The number of unbranched alkanes of at least 4 members (excludes halogenated alkanes) is 1. The van der Waals surface area contributed by atoms with Crippen molar-refractivity contribution >= 4 is 0 Å². The Kier molecular flexibility index (Phi) is 4.61. The highest BCUT2D eigenvalue weighted by Gasteiger charge is 2.30. The van der Waals surface area contributed by atoms with Crippen LogP contribution in [0.2, 0.25) is 0 Å². The van der Waals surface area contributed by atoms with Crippen LogP contribution in [0.15, 0.2) is 24.3 Å². The number of halogens is 3. The summed E-state index contributed by atoms with van der Waals surface area (Å²) in [5.41, 5.74) is 0.933. The Hall–Kier alpha value is -1.23. The lowest BCUT2D eigenvalue weighted by Gasteiger charge is -2.09. The second-order valence-electron chi connectivity index (χ2n) is 3.37. The summed E-state index contributed by atoms with van der Waals surface area (Å²) in [7, 11) is 0. The minimum atomic E-state index is -4.64. The third-order valence-electron chi connectivity index (χ3n) is 2.03. The zero-order valence-corrected chi connectivity index (χ0v) is 8.63. The molecule has 2 nitrogen and oxygen atoms in total. The van der Waals surface area contributed by atoms with Gasteiger partial charge in [0, 0.05) is 6.61 Å². The van der Waals surface area contributed by atoms with Crippen LogP contribution < -0.4 is 4.74 Å². The number of ether oxygens (including phenoxy) is 1. The fourth-order valence-electron chi connectivity index (χ4n) is 1.30. The van der Waals surface area contributed by atoms with Gasteiger partial charge in [0.2, 0.25) is 0 Å². The smallest absolute Gasteiger partial charge is 0.406 e. The van der Waals surface area contributed by atoms with E-state index in [1.165, 1.54) is 12.1 Å². The Balaban J connectivity index is 2.48. The molecule has 0 fully saturated rings. The lowest BCUT2D eigenvalue weighted by molar-refractivity contribution is -0.274. The number of hydrogen-bond donors (Lipinski definition) is 1. The van der Waals surface area contributed by atoms with Gasteiger partial charge in [0.1, 0.15) is 5.75 Å². The zero-order valence-electron chi connectivity index (χ0n) is 8.63. The Morgan fingerprint density at radius 3 is 2.19 bits per heavy atom. The number of aliphatic hydroxyl groups is 1. The van der Waals surface area contributed by atoms with E-state index < -0.39 is 6.36 Å². The van der Waals surface area contributed by atoms with E-state index in [1.807, 2.05) is 0 Å². The van der Waals surface area contributed by atoms with Gasteiger partial charge in [0.25, 0.3) is 0 Å². The van der Waals surface area contributed by atoms with Crippen LogP contribution in [0.1, 0.15) is 18.4 Å². The van der Waals surface area contributed by atoms with Crippen molar-refractivity contribution in [3.8, 4) is 5.75 Å². The predicted molar refractivity (Wildman–Crippen MR) is 53.1 cm³/mol. The maximum atomic E-state index is 11.8. The number of benzene rings is 1. The van der Waals surface area contributed by atoms with Crippen molar-refractivity contribution in [2.24, 2.45) is 0 Å². The van der Waals surface area contributed by atoms with Crippen LogP contribution in [0.5, 0.6) is 5.75 Å². The van der Waals surface area contributed by atoms with Gasteiger partial charge in [-0.25, -0.2) is 0 Å². The predicted octanol–water partition coefficient (Wildman–Crippen LogP) is 2.90. The summed E-state index contributed by atoms with van der Waals surface area (Å²) < 4.78 is 39.3. The van der Waals surface area contributed by atoms with Gasteiger partial charge in [-0.05, 0) is 37.0 Å². The van der Waals surface area contributed by atoms with E-state index in [0.717, 1.165) is 18.4 Å². The monoisotopic (exact) mass is 234 g/mol. The number of alkyl halides is 3. The first-order valence-electron chi connectivity index (χ1n) is 4.97. The molecular weight excluding hydrogens is 221 g/mol. The summed E-state index contributed by atoms with van der Waals surface area (Å²) in [6, 6.07) is 5.78. The molecule has 1 N–H and O–H groups in total. The fourth-order valence-corrected chi connectivity index (χ4v) is 1.30. The van der Waals surface area contributed by atoms with Crippen molar-refractivity contribution in [2.75, 3.05) is 6.61 Å². The normalized spacial score (nSPS) is 11.5. The van der Waals surface area contributed by atoms with E-state index in [4.69, 9.17) is 5.11 Å². The molecule has 1 aromatic carbocycles. The van der Waals surface area contributed by atoms with Gasteiger partial charge >= 0.3 is 6.36 Å². The lowest BCUT2D eigenvalue weighted by Crippen LogP contribution is -2.17. The second-order valence-corrected chi connectivity index (χ2v) is 3.37. The minimum absolute atomic E-state index is 0.134. The molecule has 0 atom stereocenters. The summed E-state index contributed by atoms with van der Waals surface area (Å²) in [6.07, 6.45) is -2.39. The fraction of sp³-hybridized carbons (Fsp3) is 0.455. The zero-order chi connectivity index (χ0) is 12.0. The molecule has 0 aliphatic carbocycles. The molecule has 90 valence electrons. The molecule has 5 heteroatoms. The van der Waals surface area contributed by atoms with Crippen LogP contribution in [0.4, 0.5) is 13.2 Å². The van der Waals surface area contributed by atoms with E-state index in [1.54, 1.807) is 12.1 Å². The Labute approximate surface area is 91.7 Å². The van der Waals surface area contributed by atoms with Crippen molar-refractivity contribution in [2.45, 2.75) is 25.6 Å². The first-order chi connectivity index (χ1) is 7.51. The highest BCUT2D eigenvalue weighted by atomic mass is 19.4. The number of aryl methyl sites for hydroxylation is 1. The molecule has 0 amide bonds. The van der Waals surface area contributed by atoms with Gasteiger partial charge in [-0.1, -0.05) is 12.1 Å². The summed E-state index contributed by atoms with van der Waals surface area (Å²) in [5.74, 6) is -0.210. The summed E-state index contributed by atoms with van der Waals surface area (Å²) in [4.78, 5) is 0. The van der Waals surface area contributed by atoms with Crippen molar-refractivity contribution < 1.29 is 23.0 Å². The van der Waals surface area contributed by atoms with Crippen LogP contribution in [-0.2, 0) is 6.42 Å². The molecule has 0 aliphatic rings. The van der Waals surface area contributed by atoms with Crippen molar-refractivity contribution in [1.29, 1.82) is 0 Å². The number of rotatable bonds is 5. The van der Waals surface area contributed by atoms with Crippen LogP contribution in [0.3, 0.4) is 0 Å². The topological polar surface area (TPSA) is 29.5 Å². The maximum absolute atomic E-state index is 11.8. The molecule has 1 rings (SSSR count). The molecule has 16 heavy (non-hydrogen) atoms. The van der Waals surface area contributed by atoms with E-state index >= 15 is 0 Å². The standard InChI is InChI=1S/C11H13F3O2/c12-11(13,14)16-10-6-4-9(5-7-10)3-1-2-8-15/h4-7,15H,1-3,8H2. The highest BCUT2D eigenvalue weighted by Crippen LogP contribution is 2.22. The average molecular weight is 234 g/mol. The third kappa shape index (κ3) is 5.02. The molecular formula is C11H13F3O2. The molecule has 0 saturated carbocycles. The van der Waals surface area contributed by atoms with Crippen LogP contribution in [0, 0.1) is 0 Å². The second kappa shape index (κ2) is 5.75. The Bertz CT molecular complexity index is 306. The summed E-state index contributed by atoms with van der Waals surface area (Å²) in [6.45, 7) is 0.134. The highest BCUT2D eigenvalue weighted by molar-refractivity contribution is 5.27. The van der Waals surface area contributed by atoms with Gasteiger partial charge < -0.3 is 9.84 Å². The first kappa shape index (κ1) is 12.8. The van der Waals surface area contributed by atoms with Crippen molar-refractivity contribution in [1.82, 2.24) is 0 Å². The van der Waals surface area contributed by atoms with E-state index in [-0.39, 0.29) is 12.4 Å². The van der Waals surface area contributed by atoms with Crippen molar-refractivity contribution in [3.05, 3.63) is 29.8 Å². The van der Waals surface area contributed by atoms with E-state index in [9.17, 15) is 13.2 Å². The summed E-state index contributed by atoms with van der Waals surface area (Å²) >= 11 is 0. The third-order valence-corrected chi connectivity index (χ3v) is 2.03. The summed E-state index contributed by atoms with van der Waals surface area (Å²) in [5, 5.41) is 8.57. The molecule has 1 aromatic rings. The van der Waals surface area contributed by atoms with Gasteiger partial charge in [0.15, 0.2) is 0 Å². The average Bonchev–Trinajstić information content (AvgIpc) is 2.19. The minimum Gasteiger partial charge on any atom is -0.406 e. The van der Waals surface area contributed by atoms with E-state index in [2.05, 4.69) is 4.74 Å². The molecule has 0 aliphatic heterocycles. The quantitative estimate of drug-likeness (QED) is 0.794. The van der Waals surface area contributed by atoms with Gasteiger partial charge in [-0.2, -0.15) is 0 Å². The lowest BCUT2D eigenvalue weighted by atomic mass is 10.1. The number of hydrogen-bond acceptors (Lipinski definition) is 2. The van der Waals surface area contributed by atoms with Gasteiger partial charge in [-0.15, -0.1) is 13.2 Å². The molecule has 0 unspecified atom stereocenters. The Morgan fingerprint density at radius 1 is 1.06 bits per heavy atom. The largest absolute Gasteiger partial charge is 0.573 e. The molecule has 0 aromatic heterocycles. The van der Waals surface area contributed by atoms with Gasteiger partial charge in [-0.3, -0.25) is 0 Å². The van der Waals surface area contributed by atoms with Crippen molar-refractivity contribution in [3.63, 3.8) is 0 Å². The molecule has 0 spiro atoms. The van der Waals surface area contributed by atoms with Crippen LogP contribution in [0.25, 0.3) is 0 Å². The van der Waals surface area contributed by atoms with Gasteiger partial charge in [0.05, 0.1) is 0 Å². The molecule has 0 heterocycles. The van der Waals surface area contributed by atoms with E-state index in [0.29, 0.717) is 6.42 Å².